The molecule has 8 heteroatoms. The molecule has 3 aromatic rings. The summed E-state index contributed by atoms with van der Waals surface area (Å²) in [6.45, 7) is 0. The molecule has 8 nitrogen and oxygen atoms in total. The number of carbonyl (C=O) groups is 1. The summed E-state index contributed by atoms with van der Waals surface area (Å²) in [4.78, 5) is 22.3. The van der Waals surface area contributed by atoms with Gasteiger partial charge in [-0.05, 0) is 22.9 Å². The zero-order valence-electron chi connectivity index (χ0n) is 13.2. The Morgan fingerprint density at radius 2 is 1.92 bits per heavy atom. The Balaban J connectivity index is 1.81. The minimum atomic E-state index is -0.720. The number of phenols is 1. The first-order valence-electron chi connectivity index (χ1n) is 7.47. The van der Waals surface area contributed by atoms with E-state index in [4.69, 9.17) is 0 Å². The van der Waals surface area contributed by atoms with Gasteiger partial charge in [-0.25, -0.2) is 5.43 Å². The summed E-state index contributed by atoms with van der Waals surface area (Å²) in [5, 5.41) is 37.6. The lowest BCUT2D eigenvalue weighted by Gasteiger charge is -2.15. The van der Waals surface area contributed by atoms with Crippen LogP contribution in [0.1, 0.15) is 15.9 Å². The number of non-ortho nitro benzene ring substituents is 1. The summed E-state index contributed by atoms with van der Waals surface area (Å²) in [7, 11) is 0. The number of fused-ring (bicyclic) bond motifs is 1. The molecule has 0 atom stereocenters. The minimum Gasteiger partial charge on any atom is -0.872 e. The highest BCUT2D eigenvalue weighted by atomic mass is 16.6. The molecule has 0 bridgehead atoms. The molecule has 0 radical (unpaired) electrons. The third-order valence-corrected chi connectivity index (χ3v) is 3.72. The van der Waals surface area contributed by atoms with Crippen molar-refractivity contribution in [2.24, 2.45) is 5.10 Å². The van der Waals surface area contributed by atoms with Gasteiger partial charge in [0, 0.05) is 23.3 Å². The van der Waals surface area contributed by atoms with Crippen molar-refractivity contribution in [3.8, 4) is 11.5 Å². The molecular weight excluding hydrogens is 338 g/mol. The first-order valence-corrected chi connectivity index (χ1v) is 7.47. The second-order valence-electron chi connectivity index (χ2n) is 5.36. The predicted molar refractivity (Wildman–Crippen MR) is 93.2 cm³/mol. The maximum absolute atomic E-state index is 12.3. The van der Waals surface area contributed by atoms with Gasteiger partial charge in [-0.3, -0.25) is 14.9 Å². The monoisotopic (exact) mass is 350 g/mol. The molecule has 0 saturated heterocycles. The van der Waals surface area contributed by atoms with Crippen LogP contribution in [-0.4, -0.2) is 22.2 Å². The van der Waals surface area contributed by atoms with E-state index in [9.17, 15) is 25.1 Å². The number of hydrogen-bond acceptors (Lipinski definition) is 6. The second kappa shape index (κ2) is 6.89. The van der Waals surface area contributed by atoms with Gasteiger partial charge in [0.2, 0.25) is 0 Å². The van der Waals surface area contributed by atoms with Crippen molar-refractivity contribution in [1.29, 1.82) is 0 Å². The number of amides is 1. The molecule has 0 heterocycles. The molecule has 130 valence electrons. The van der Waals surface area contributed by atoms with Gasteiger partial charge in [0.1, 0.15) is 5.75 Å². The number of nitro groups is 1. The fourth-order valence-electron chi connectivity index (χ4n) is 2.40. The topological polar surface area (TPSA) is 128 Å². The molecule has 0 aliphatic heterocycles. The number of hydrogen-bond donors (Lipinski definition) is 2. The van der Waals surface area contributed by atoms with Crippen molar-refractivity contribution in [1.82, 2.24) is 5.43 Å². The quantitative estimate of drug-likeness (QED) is 0.424. The molecule has 0 aliphatic rings. The van der Waals surface area contributed by atoms with Crippen molar-refractivity contribution in [3.63, 3.8) is 0 Å². The van der Waals surface area contributed by atoms with Crippen LogP contribution in [0, 0.1) is 10.1 Å². The van der Waals surface area contributed by atoms with Crippen LogP contribution in [0.4, 0.5) is 5.69 Å². The highest BCUT2D eigenvalue weighted by Gasteiger charge is 2.10. The summed E-state index contributed by atoms with van der Waals surface area (Å²) in [6, 6.07) is 13.3. The number of hydrazone groups is 1. The number of carbonyl (C=O) groups excluding carboxylic acids is 1. The van der Waals surface area contributed by atoms with Crippen LogP contribution in [0.5, 0.6) is 11.5 Å². The van der Waals surface area contributed by atoms with E-state index in [-0.39, 0.29) is 22.6 Å². The average Bonchev–Trinajstić information content (AvgIpc) is 2.63. The predicted octanol–water partition coefficient (Wildman–Crippen LogP) is 2.29. The van der Waals surface area contributed by atoms with Crippen LogP contribution in [0.2, 0.25) is 0 Å². The van der Waals surface area contributed by atoms with E-state index in [0.29, 0.717) is 5.39 Å². The minimum absolute atomic E-state index is 0.0559. The molecule has 3 rings (SSSR count). The Kier molecular flexibility index (Phi) is 4.48. The van der Waals surface area contributed by atoms with Gasteiger partial charge in [0.05, 0.1) is 11.1 Å². The van der Waals surface area contributed by atoms with Gasteiger partial charge in [-0.1, -0.05) is 36.1 Å². The number of nitrogens with zero attached hydrogens (tertiary/aromatic N) is 2. The van der Waals surface area contributed by atoms with E-state index in [1.807, 2.05) is 0 Å². The number of benzene rings is 3. The summed E-state index contributed by atoms with van der Waals surface area (Å²) in [5.41, 5.74) is 1.93. The van der Waals surface area contributed by atoms with Crippen LogP contribution in [-0.2, 0) is 0 Å². The molecule has 0 fully saturated rings. The molecule has 26 heavy (non-hydrogen) atoms. The van der Waals surface area contributed by atoms with E-state index in [1.165, 1.54) is 6.07 Å². The lowest BCUT2D eigenvalue weighted by atomic mass is 10.1. The van der Waals surface area contributed by atoms with Crippen molar-refractivity contribution < 1.29 is 19.9 Å². The summed E-state index contributed by atoms with van der Waals surface area (Å²) in [5.74, 6) is -1.38. The Hall–Kier alpha value is -3.94. The standard InChI is InChI=1S/C18H13N3O5/c22-16-8-6-13(21(25)26)9-12(16)10-19-20-18(24)15-7-5-11-3-1-2-4-14(11)17(15)23/h1-10,22-23H,(H,20,24)/p-1. The molecule has 1 amide bonds. The molecule has 2 N–H and O–H groups in total. The van der Waals surface area contributed by atoms with E-state index < -0.39 is 16.6 Å². The SMILES string of the molecule is O=C(NN=Cc1cc([N+](=O)[O-])ccc1O)c1ccc2ccccc2c1[O-]. The molecule has 0 aromatic heterocycles. The fourth-order valence-corrected chi connectivity index (χ4v) is 2.40. The number of phenolic OH excluding ortho intramolecular Hbond substituents is 1. The zero-order chi connectivity index (χ0) is 18.7. The van der Waals surface area contributed by atoms with E-state index in [0.717, 1.165) is 29.8 Å². The van der Waals surface area contributed by atoms with Crippen molar-refractivity contribution in [3.05, 3.63) is 75.8 Å². The molecule has 0 unspecified atom stereocenters. The number of rotatable bonds is 4. The number of nitro benzene ring substituents is 1. The van der Waals surface area contributed by atoms with Gasteiger partial charge >= 0.3 is 0 Å². The third kappa shape index (κ3) is 3.29. The van der Waals surface area contributed by atoms with Crippen LogP contribution < -0.4 is 10.5 Å². The Labute approximate surface area is 147 Å². The maximum Gasteiger partial charge on any atom is 0.270 e. The van der Waals surface area contributed by atoms with Gasteiger partial charge in [0.25, 0.3) is 11.6 Å². The van der Waals surface area contributed by atoms with Crippen molar-refractivity contribution >= 4 is 28.6 Å². The lowest BCUT2D eigenvalue weighted by Crippen LogP contribution is -2.19. The average molecular weight is 350 g/mol. The summed E-state index contributed by atoms with van der Waals surface area (Å²) in [6.07, 6.45) is 1.06. The molecule has 0 spiro atoms. The normalized spacial score (nSPS) is 10.9. The van der Waals surface area contributed by atoms with Gasteiger partial charge in [0.15, 0.2) is 0 Å². The fraction of sp³-hybridized carbons (Fsp3) is 0. The zero-order valence-corrected chi connectivity index (χ0v) is 13.2. The van der Waals surface area contributed by atoms with Crippen LogP contribution >= 0.6 is 0 Å². The first kappa shape index (κ1) is 16.9. The Bertz CT molecular complexity index is 1050. The molecule has 0 aliphatic carbocycles. The van der Waals surface area contributed by atoms with Crippen LogP contribution in [0.15, 0.2) is 59.7 Å². The first-order chi connectivity index (χ1) is 12.5. The van der Waals surface area contributed by atoms with Gasteiger partial charge in [-0.15, -0.1) is 0 Å². The highest BCUT2D eigenvalue weighted by Crippen LogP contribution is 2.26. The van der Waals surface area contributed by atoms with Crippen LogP contribution in [0.25, 0.3) is 10.8 Å². The molecule has 0 saturated carbocycles. The van der Waals surface area contributed by atoms with E-state index in [1.54, 1.807) is 30.3 Å². The summed E-state index contributed by atoms with van der Waals surface area (Å²) < 4.78 is 0. The van der Waals surface area contributed by atoms with E-state index >= 15 is 0 Å². The summed E-state index contributed by atoms with van der Waals surface area (Å²) >= 11 is 0. The van der Waals surface area contributed by atoms with Crippen LogP contribution in [0.3, 0.4) is 0 Å². The Morgan fingerprint density at radius 1 is 1.15 bits per heavy atom. The molecule has 3 aromatic carbocycles. The smallest absolute Gasteiger partial charge is 0.270 e. The van der Waals surface area contributed by atoms with Crippen molar-refractivity contribution in [2.75, 3.05) is 0 Å². The van der Waals surface area contributed by atoms with Crippen molar-refractivity contribution in [2.45, 2.75) is 0 Å². The lowest BCUT2D eigenvalue weighted by molar-refractivity contribution is -0.384. The van der Waals surface area contributed by atoms with Gasteiger partial charge in [-0.2, -0.15) is 5.10 Å². The van der Waals surface area contributed by atoms with E-state index in [2.05, 4.69) is 10.5 Å². The third-order valence-electron chi connectivity index (χ3n) is 3.72. The van der Waals surface area contributed by atoms with Gasteiger partial charge < -0.3 is 10.2 Å². The number of nitrogens with one attached hydrogen (secondary N) is 1. The maximum atomic E-state index is 12.3. The Morgan fingerprint density at radius 3 is 2.69 bits per heavy atom. The number of aromatic hydroxyl groups is 1. The molecular formula is C18H12N3O5-. The largest absolute Gasteiger partial charge is 0.872 e. The second-order valence-corrected chi connectivity index (χ2v) is 5.36. The highest BCUT2D eigenvalue weighted by molar-refractivity contribution is 6.03.